The first-order valence-corrected chi connectivity index (χ1v) is 8.86. The van der Waals surface area contributed by atoms with E-state index in [0.717, 1.165) is 19.5 Å². The summed E-state index contributed by atoms with van der Waals surface area (Å²) in [5.74, 6) is 0.611. The quantitative estimate of drug-likeness (QED) is 0.539. The predicted octanol–water partition coefficient (Wildman–Crippen LogP) is 1.75. The first kappa shape index (κ1) is 17.3. The summed E-state index contributed by atoms with van der Waals surface area (Å²) in [4.78, 5) is 28.5. The number of aromatic nitrogens is 2. The minimum atomic E-state index is -0.504. The van der Waals surface area contributed by atoms with E-state index in [1.807, 2.05) is 30.3 Å². The number of nitro groups is 1. The molecule has 0 radical (unpaired) electrons. The number of benzene rings is 2. The van der Waals surface area contributed by atoms with Crippen LogP contribution >= 0.6 is 0 Å². The Morgan fingerprint density at radius 3 is 2.59 bits per heavy atom. The summed E-state index contributed by atoms with van der Waals surface area (Å²) in [5, 5.41) is 18.1. The summed E-state index contributed by atoms with van der Waals surface area (Å²) in [5.41, 5.74) is 0.725. The molecule has 138 valence electrons. The van der Waals surface area contributed by atoms with Gasteiger partial charge in [0.25, 0.3) is 11.2 Å². The summed E-state index contributed by atoms with van der Waals surface area (Å²) >= 11 is 0. The molecule has 0 saturated carbocycles. The maximum Gasteiger partial charge on any atom is 0.270 e. The van der Waals surface area contributed by atoms with E-state index in [1.54, 1.807) is 4.57 Å². The highest BCUT2D eigenvalue weighted by Crippen LogP contribution is 2.19. The second-order valence-electron chi connectivity index (χ2n) is 6.48. The molecule has 8 heteroatoms. The van der Waals surface area contributed by atoms with Crippen molar-refractivity contribution in [3.8, 4) is 5.69 Å². The van der Waals surface area contributed by atoms with E-state index in [4.69, 9.17) is 0 Å². The van der Waals surface area contributed by atoms with Gasteiger partial charge in [0.1, 0.15) is 5.82 Å². The largest absolute Gasteiger partial charge is 0.301 e. The first-order chi connectivity index (χ1) is 13.1. The smallest absolute Gasteiger partial charge is 0.270 e. The van der Waals surface area contributed by atoms with Crippen LogP contribution in [0.4, 0.5) is 5.69 Å². The van der Waals surface area contributed by atoms with Gasteiger partial charge in [-0.25, -0.2) is 4.98 Å². The van der Waals surface area contributed by atoms with Crippen LogP contribution in [0.1, 0.15) is 12.2 Å². The van der Waals surface area contributed by atoms with Crippen LogP contribution in [-0.4, -0.2) is 33.7 Å². The fourth-order valence-corrected chi connectivity index (χ4v) is 3.35. The van der Waals surface area contributed by atoms with Crippen molar-refractivity contribution < 1.29 is 4.92 Å². The Morgan fingerprint density at radius 2 is 1.89 bits per heavy atom. The Hall–Kier alpha value is -3.10. The van der Waals surface area contributed by atoms with Crippen molar-refractivity contribution in [2.75, 3.05) is 13.1 Å². The van der Waals surface area contributed by atoms with Gasteiger partial charge in [-0.2, -0.15) is 0 Å². The van der Waals surface area contributed by atoms with Crippen molar-refractivity contribution in [2.24, 2.45) is 0 Å². The van der Waals surface area contributed by atoms with Crippen molar-refractivity contribution >= 4 is 16.6 Å². The zero-order valence-electron chi connectivity index (χ0n) is 14.6. The summed E-state index contributed by atoms with van der Waals surface area (Å²) in [7, 11) is 0. The zero-order valence-corrected chi connectivity index (χ0v) is 14.6. The molecule has 0 bridgehead atoms. The highest BCUT2D eigenvalue weighted by atomic mass is 16.6. The first-order valence-electron chi connectivity index (χ1n) is 8.86. The van der Waals surface area contributed by atoms with Gasteiger partial charge in [-0.3, -0.25) is 19.5 Å². The van der Waals surface area contributed by atoms with Gasteiger partial charge in [-0.15, -0.1) is 0 Å². The average Bonchev–Trinajstić information content (AvgIpc) is 2.69. The Bertz CT molecular complexity index is 1040. The van der Waals surface area contributed by atoms with Crippen LogP contribution in [0, 0.1) is 10.1 Å². The fourth-order valence-electron chi connectivity index (χ4n) is 3.35. The minimum absolute atomic E-state index is 0.0242. The number of rotatable bonds is 4. The number of non-ortho nitro benzene ring substituents is 1. The van der Waals surface area contributed by atoms with Gasteiger partial charge >= 0.3 is 0 Å². The molecule has 0 spiro atoms. The molecule has 1 fully saturated rings. The SMILES string of the molecule is O=c1c2cc([N+](=O)[O-])ccc2nc(CC2NCCCN2)n1-c1ccccc1. The van der Waals surface area contributed by atoms with Crippen LogP contribution in [0.15, 0.2) is 53.3 Å². The van der Waals surface area contributed by atoms with Crippen LogP contribution in [0.5, 0.6) is 0 Å². The molecule has 4 rings (SSSR count). The molecule has 2 heterocycles. The number of nitro benzene ring substituents is 1. The lowest BCUT2D eigenvalue weighted by Crippen LogP contribution is -2.50. The van der Waals surface area contributed by atoms with E-state index in [-0.39, 0.29) is 22.8 Å². The number of para-hydroxylation sites is 1. The van der Waals surface area contributed by atoms with Crippen molar-refractivity contribution in [1.29, 1.82) is 0 Å². The summed E-state index contributed by atoms with van der Waals surface area (Å²) < 4.78 is 1.55. The number of hydrogen-bond donors (Lipinski definition) is 2. The molecule has 2 aromatic carbocycles. The third-order valence-corrected chi connectivity index (χ3v) is 4.67. The van der Waals surface area contributed by atoms with Crippen molar-refractivity contribution in [3.63, 3.8) is 0 Å². The van der Waals surface area contributed by atoms with Crippen molar-refractivity contribution in [1.82, 2.24) is 20.2 Å². The fraction of sp³-hybridized carbons (Fsp3) is 0.263. The molecule has 8 nitrogen and oxygen atoms in total. The monoisotopic (exact) mass is 365 g/mol. The Balaban J connectivity index is 1.90. The third kappa shape index (κ3) is 3.44. The maximum absolute atomic E-state index is 13.2. The van der Waals surface area contributed by atoms with E-state index in [1.165, 1.54) is 18.2 Å². The van der Waals surface area contributed by atoms with Crippen LogP contribution in [0.3, 0.4) is 0 Å². The van der Waals surface area contributed by atoms with Gasteiger partial charge < -0.3 is 10.6 Å². The molecule has 0 aliphatic carbocycles. The number of hydrogen-bond acceptors (Lipinski definition) is 6. The Kier molecular flexibility index (Phi) is 4.66. The van der Waals surface area contributed by atoms with Crippen LogP contribution in [0.25, 0.3) is 16.6 Å². The van der Waals surface area contributed by atoms with Gasteiger partial charge in [0, 0.05) is 18.6 Å². The van der Waals surface area contributed by atoms with Crippen LogP contribution < -0.4 is 16.2 Å². The van der Waals surface area contributed by atoms with Gasteiger partial charge in [-0.05, 0) is 37.7 Å². The van der Waals surface area contributed by atoms with E-state index >= 15 is 0 Å². The van der Waals surface area contributed by atoms with Crippen molar-refractivity contribution in [2.45, 2.75) is 19.0 Å². The molecule has 0 atom stereocenters. The van der Waals surface area contributed by atoms with Gasteiger partial charge in [-0.1, -0.05) is 18.2 Å². The highest BCUT2D eigenvalue weighted by molar-refractivity contribution is 5.80. The molecular formula is C19H19N5O3. The topological polar surface area (TPSA) is 102 Å². The van der Waals surface area contributed by atoms with Crippen LogP contribution in [-0.2, 0) is 6.42 Å². The zero-order chi connectivity index (χ0) is 18.8. The molecule has 1 aliphatic heterocycles. The number of nitrogens with one attached hydrogen (secondary N) is 2. The molecule has 3 aromatic rings. The molecule has 1 aliphatic rings. The summed E-state index contributed by atoms with van der Waals surface area (Å²) in [6.07, 6.45) is 1.60. The van der Waals surface area contributed by atoms with E-state index < -0.39 is 4.92 Å². The summed E-state index contributed by atoms with van der Waals surface area (Å²) in [6, 6.07) is 13.4. The second kappa shape index (κ2) is 7.26. The molecule has 1 aromatic heterocycles. The molecular weight excluding hydrogens is 346 g/mol. The molecule has 1 saturated heterocycles. The van der Waals surface area contributed by atoms with Gasteiger partial charge in [0.15, 0.2) is 0 Å². The molecule has 27 heavy (non-hydrogen) atoms. The average molecular weight is 365 g/mol. The Labute approximate surface area is 155 Å². The molecule has 0 amide bonds. The maximum atomic E-state index is 13.2. The second-order valence-corrected chi connectivity index (χ2v) is 6.48. The lowest BCUT2D eigenvalue weighted by atomic mass is 10.1. The number of fused-ring (bicyclic) bond motifs is 1. The number of nitrogens with zero attached hydrogens (tertiary/aromatic N) is 3. The van der Waals surface area contributed by atoms with Crippen LogP contribution in [0.2, 0.25) is 0 Å². The lowest BCUT2D eigenvalue weighted by molar-refractivity contribution is -0.384. The Morgan fingerprint density at radius 1 is 1.15 bits per heavy atom. The van der Waals surface area contributed by atoms with E-state index in [2.05, 4.69) is 15.6 Å². The third-order valence-electron chi connectivity index (χ3n) is 4.67. The highest BCUT2D eigenvalue weighted by Gasteiger charge is 2.20. The normalized spacial score (nSPS) is 15.1. The lowest BCUT2D eigenvalue weighted by Gasteiger charge is -2.26. The molecule has 2 N–H and O–H groups in total. The van der Waals surface area contributed by atoms with Crippen molar-refractivity contribution in [3.05, 3.63) is 74.8 Å². The van der Waals surface area contributed by atoms with E-state index in [9.17, 15) is 14.9 Å². The molecule has 0 unspecified atom stereocenters. The van der Waals surface area contributed by atoms with E-state index in [0.29, 0.717) is 23.4 Å². The van der Waals surface area contributed by atoms with Gasteiger partial charge in [0.2, 0.25) is 0 Å². The minimum Gasteiger partial charge on any atom is -0.301 e. The predicted molar refractivity (Wildman–Crippen MR) is 102 cm³/mol. The van der Waals surface area contributed by atoms with Gasteiger partial charge in [0.05, 0.1) is 27.7 Å². The summed E-state index contributed by atoms with van der Waals surface area (Å²) in [6.45, 7) is 1.82. The standard InChI is InChI=1S/C19H19N5O3/c25-19-15-11-14(24(26)27)7-8-16(15)22-18(12-17-20-9-4-10-21-17)23(19)13-5-2-1-3-6-13/h1-3,5-8,11,17,20-21H,4,9-10,12H2.